The van der Waals surface area contributed by atoms with Crippen LogP contribution < -0.4 is 10.5 Å². The van der Waals surface area contributed by atoms with Crippen LogP contribution in [0, 0.1) is 0 Å². The molecule has 6 nitrogen and oxygen atoms in total. The first-order chi connectivity index (χ1) is 9.58. The van der Waals surface area contributed by atoms with Gasteiger partial charge in [0.05, 0.1) is 0 Å². The quantitative estimate of drug-likeness (QED) is 0.885. The molecule has 0 aliphatic carbocycles. The van der Waals surface area contributed by atoms with E-state index in [4.69, 9.17) is 5.73 Å². The minimum atomic E-state index is -3.66. The standard InChI is InChI=1S/C12H16N4O2S2/c13-11-12(16-6-2-1-5-10(16)14-11)20(17,18)15-9-4-3-7-19-8-9/h1-2,5-6,9,15H,3-4,7-8,13H2. The van der Waals surface area contributed by atoms with E-state index >= 15 is 0 Å². The monoisotopic (exact) mass is 312 g/mol. The first-order valence-corrected chi connectivity index (χ1v) is 9.04. The Bertz CT molecular complexity index is 720. The molecule has 2 aromatic heterocycles. The molecule has 1 aliphatic rings. The zero-order valence-corrected chi connectivity index (χ0v) is 12.5. The van der Waals surface area contributed by atoms with Crippen molar-refractivity contribution in [3.63, 3.8) is 0 Å². The SMILES string of the molecule is Nc1nc2ccccn2c1S(=O)(=O)NC1CCCSC1. The van der Waals surface area contributed by atoms with E-state index in [9.17, 15) is 8.42 Å². The molecule has 1 aliphatic heterocycles. The molecule has 1 fully saturated rings. The molecule has 3 N–H and O–H groups in total. The minimum Gasteiger partial charge on any atom is -0.381 e. The van der Waals surface area contributed by atoms with Gasteiger partial charge in [-0.15, -0.1) is 0 Å². The summed E-state index contributed by atoms with van der Waals surface area (Å²) in [6.07, 6.45) is 3.55. The van der Waals surface area contributed by atoms with Crippen molar-refractivity contribution in [2.75, 3.05) is 17.2 Å². The highest BCUT2D eigenvalue weighted by Crippen LogP contribution is 2.23. The van der Waals surface area contributed by atoms with Gasteiger partial charge < -0.3 is 5.73 Å². The highest BCUT2D eigenvalue weighted by Gasteiger charge is 2.27. The lowest BCUT2D eigenvalue weighted by Gasteiger charge is -2.22. The van der Waals surface area contributed by atoms with Gasteiger partial charge in [0, 0.05) is 18.0 Å². The first-order valence-electron chi connectivity index (χ1n) is 6.40. The zero-order valence-electron chi connectivity index (χ0n) is 10.8. The fourth-order valence-electron chi connectivity index (χ4n) is 2.37. The molecule has 0 bridgehead atoms. The number of nitrogen functional groups attached to an aromatic ring is 1. The van der Waals surface area contributed by atoms with Crippen molar-refractivity contribution in [3.05, 3.63) is 24.4 Å². The molecular formula is C12H16N4O2S2. The third-order valence-electron chi connectivity index (χ3n) is 3.25. The van der Waals surface area contributed by atoms with Crippen LogP contribution in [0.5, 0.6) is 0 Å². The van der Waals surface area contributed by atoms with E-state index in [1.807, 2.05) is 0 Å². The van der Waals surface area contributed by atoms with Crippen LogP contribution in [-0.4, -0.2) is 35.4 Å². The number of anilines is 1. The second-order valence-electron chi connectivity index (χ2n) is 4.77. The third kappa shape index (κ3) is 2.50. The number of imidazole rings is 1. The maximum atomic E-state index is 12.5. The van der Waals surface area contributed by atoms with E-state index in [-0.39, 0.29) is 16.9 Å². The number of nitrogens with one attached hydrogen (secondary N) is 1. The van der Waals surface area contributed by atoms with Crippen LogP contribution in [-0.2, 0) is 10.0 Å². The van der Waals surface area contributed by atoms with Crippen molar-refractivity contribution < 1.29 is 8.42 Å². The maximum Gasteiger partial charge on any atom is 0.260 e. The molecule has 8 heteroatoms. The first kappa shape index (κ1) is 13.7. The summed E-state index contributed by atoms with van der Waals surface area (Å²) >= 11 is 1.77. The molecule has 1 saturated heterocycles. The van der Waals surface area contributed by atoms with Gasteiger partial charge in [0.15, 0.2) is 10.8 Å². The lowest BCUT2D eigenvalue weighted by atomic mass is 10.2. The number of pyridine rings is 1. The fraction of sp³-hybridized carbons (Fsp3) is 0.417. The zero-order chi connectivity index (χ0) is 14.2. The van der Waals surface area contributed by atoms with E-state index in [1.54, 1.807) is 36.2 Å². The predicted octanol–water partition coefficient (Wildman–Crippen LogP) is 1.09. The average molecular weight is 312 g/mol. The topological polar surface area (TPSA) is 89.5 Å². The molecule has 2 aromatic rings. The normalized spacial score (nSPS) is 20.3. The summed E-state index contributed by atoms with van der Waals surface area (Å²) in [5, 5.41) is 0.0312. The van der Waals surface area contributed by atoms with E-state index in [1.165, 1.54) is 4.40 Å². The number of nitrogens with two attached hydrogens (primary N) is 1. The van der Waals surface area contributed by atoms with Gasteiger partial charge in [-0.05, 0) is 30.7 Å². The van der Waals surface area contributed by atoms with E-state index in [2.05, 4.69) is 9.71 Å². The number of sulfonamides is 1. The number of thioether (sulfide) groups is 1. The van der Waals surface area contributed by atoms with Gasteiger partial charge in [0.1, 0.15) is 5.65 Å². The molecule has 1 unspecified atom stereocenters. The van der Waals surface area contributed by atoms with Crippen LogP contribution in [0.3, 0.4) is 0 Å². The lowest BCUT2D eigenvalue weighted by molar-refractivity contribution is 0.540. The molecule has 0 aromatic carbocycles. The van der Waals surface area contributed by atoms with Crippen molar-refractivity contribution in [2.45, 2.75) is 23.9 Å². The second kappa shape index (κ2) is 5.27. The number of nitrogens with zero attached hydrogens (tertiary/aromatic N) is 2. The highest BCUT2D eigenvalue weighted by atomic mass is 32.2. The Morgan fingerprint density at radius 3 is 3.05 bits per heavy atom. The van der Waals surface area contributed by atoms with Crippen LogP contribution in [0.15, 0.2) is 29.4 Å². The summed E-state index contributed by atoms with van der Waals surface area (Å²) in [4.78, 5) is 4.09. The molecule has 108 valence electrons. The van der Waals surface area contributed by atoms with E-state index in [0.717, 1.165) is 24.3 Å². The molecule has 0 amide bonds. The number of hydrogen-bond acceptors (Lipinski definition) is 5. The Morgan fingerprint density at radius 1 is 1.45 bits per heavy atom. The third-order valence-corrected chi connectivity index (χ3v) is 6.02. The molecule has 20 heavy (non-hydrogen) atoms. The number of hydrogen-bond donors (Lipinski definition) is 2. The summed E-state index contributed by atoms with van der Waals surface area (Å²) in [7, 11) is -3.66. The summed E-state index contributed by atoms with van der Waals surface area (Å²) in [5.74, 6) is 1.93. The molecule has 0 radical (unpaired) electrons. The van der Waals surface area contributed by atoms with E-state index < -0.39 is 10.0 Å². The van der Waals surface area contributed by atoms with Crippen molar-refractivity contribution >= 4 is 33.3 Å². The number of fused-ring (bicyclic) bond motifs is 1. The fourth-order valence-corrected chi connectivity index (χ4v) is 5.03. The summed E-state index contributed by atoms with van der Waals surface area (Å²) in [6.45, 7) is 0. The second-order valence-corrected chi connectivity index (χ2v) is 7.55. The van der Waals surface area contributed by atoms with Crippen molar-refractivity contribution in [3.8, 4) is 0 Å². The Kier molecular flexibility index (Phi) is 3.61. The predicted molar refractivity (Wildman–Crippen MR) is 80.3 cm³/mol. The molecule has 0 spiro atoms. The van der Waals surface area contributed by atoms with Crippen LogP contribution >= 0.6 is 11.8 Å². The van der Waals surface area contributed by atoms with E-state index in [0.29, 0.717) is 5.65 Å². The Hall–Kier alpha value is -1.25. The van der Waals surface area contributed by atoms with Crippen molar-refractivity contribution in [1.82, 2.24) is 14.1 Å². The van der Waals surface area contributed by atoms with Gasteiger partial charge in [-0.1, -0.05) is 6.07 Å². The Balaban J connectivity index is 1.98. The Morgan fingerprint density at radius 2 is 2.30 bits per heavy atom. The maximum absolute atomic E-state index is 12.5. The van der Waals surface area contributed by atoms with Crippen molar-refractivity contribution in [1.29, 1.82) is 0 Å². The van der Waals surface area contributed by atoms with Crippen LogP contribution in [0.2, 0.25) is 0 Å². The molecule has 0 saturated carbocycles. The molecule has 1 atom stereocenters. The van der Waals surface area contributed by atoms with Gasteiger partial charge in [0.2, 0.25) is 0 Å². The summed E-state index contributed by atoms with van der Waals surface area (Å²) in [5.41, 5.74) is 6.32. The van der Waals surface area contributed by atoms with Crippen LogP contribution in [0.4, 0.5) is 5.82 Å². The number of aromatic nitrogens is 2. The van der Waals surface area contributed by atoms with Gasteiger partial charge >= 0.3 is 0 Å². The highest BCUT2D eigenvalue weighted by molar-refractivity contribution is 7.99. The average Bonchev–Trinajstić information content (AvgIpc) is 2.75. The van der Waals surface area contributed by atoms with Crippen LogP contribution in [0.25, 0.3) is 5.65 Å². The van der Waals surface area contributed by atoms with Gasteiger partial charge in [-0.25, -0.2) is 18.1 Å². The van der Waals surface area contributed by atoms with Gasteiger partial charge in [-0.2, -0.15) is 11.8 Å². The largest absolute Gasteiger partial charge is 0.381 e. The molecule has 3 rings (SSSR count). The van der Waals surface area contributed by atoms with Crippen LogP contribution in [0.1, 0.15) is 12.8 Å². The summed E-state index contributed by atoms with van der Waals surface area (Å²) < 4.78 is 29.3. The summed E-state index contributed by atoms with van der Waals surface area (Å²) in [6, 6.07) is 5.24. The smallest absolute Gasteiger partial charge is 0.260 e. The lowest BCUT2D eigenvalue weighted by Crippen LogP contribution is -2.39. The Labute approximate surface area is 121 Å². The number of rotatable bonds is 3. The van der Waals surface area contributed by atoms with Gasteiger partial charge in [-0.3, -0.25) is 4.40 Å². The van der Waals surface area contributed by atoms with Gasteiger partial charge in [0.25, 0.3) is 10.0 Å². The molecular weight excluding hydrogens is 296 g/mol. The van der Waals surface area contributed by atoms with Crippen molar-refractivity contribution in [2.24, 2.45) is 0 Å². The minimum absolute atomic E-state index is 0.0312. The molecule has 3 heterocycles.